The average Bonchev–Trinajstić information content (AvgIpc) is 3.06. The predicted octanol–water partition coefficient (Wildman–Crippen LogP) is 2.63. The number of rotatable bonds is 3. The van der Waals surface area contributed by atoms with Crippen LogP contribution in [-0.2, 0) is 28.9 Å². The Morgan fingerprint density at radius 3 is 2.78 bits per heavy atom. The molecule has 2 aliphatic heterocycles. The molecule has 0 amide bonds. The van der Waals surface area contributed by atoms with Crippen LogP contribution in [0.15, 0.2) is 0 Å². The van der Waals surface area contributed by atoms with Crippen molar-refractivity contribution in [3.63, 3.8) is 0 Å². The SMILES string of the molecule is CC1CN(c2nc(CN3CCOCC3)nc3sc4c(c23)CCCC4)CCO1. The Morgan fingerprint density at radius 1 is 1.07 bits per heavy atom. The first-order chi connectivity index (χ1) is 13.3. The van der Waals surface area contributed by atoms with E-state index in [-0.39, 0.29) is 6.10 Å². The number of ether oxygens (including phenoxy) is 2. The first-order valence-electron chi connectivity index (χ1n) is 10.3. The van der Waals surface area contributed by atoms with Gasteiger partial charge in [0.25, 0.3) is 0 Å². The Hall–Kier alpha value is -1.28. The van der Waals surface area contributed by atoms with Gasteiger partial charge >= 0.3 is 0 Å². The molecule has 0 aromatic carbocycles. The van der Waals surface area contributed by atoms with E-state index in [2.05, 4.69) is 16.7 Å². The van der Waals surface area contributed by atoms with Gasteiger partial charge in [0.2, 0.25) is 0 Å². The number of aryl methyl sites for hydroxylation is 2. The van der Waals surface area contributed by atoms with E-state index in [0.717, 1.165) is 64.2 Å². The van der Waals surface area contributed by atoms with Crippen molar-refractivity contribution in [1.29, 1.82) is 0 Å². The topological polar surface area (TPSA) is 50.7 Å². The lowest BCUT2D eigenvalue weighted by atomic mass is 9.97. The van der Waals surface area contributed by atoms with Gasteiger partial charge in [-0.2, -0.15) is 0 Å². The summed E-state index contributed by atoms with van der Waals surface area (Å²) < 4.78 is 11.3. The van der Waals surface area contributed by atoms with Gasteiger partial charge in [-0.05, 0) is 38.2 Å². The van der Waals surface area contributed by atoms with E-state index < -0.39 is 0 Å². The number of aromatic nitrogens is 2. The third-order valence-corrected chi connectivity index (χ3v) is 7.04. The molecule has 146 valence electrons. The third kappa shape index (κ3) is 3.58. The molecule has 7 heteroatoms. The summed E-state index contributed by atoms with van der Waals surface area (Å²) in [5.74, 6) is 2.11. The fourth-order valence-electron chi connectivity index (χ4n) is 4.45. The largest absolute Gasteiger partial charge is 0.379 e. The normalized spacial score (nSPS) is 24.3. The summed E-state index contributed by atoms with van der Waals surface area (Å²) >= 11 is 1.90. The molecule has 5 rings (SSSR count). The van der Waals surface area contributed by atoms with Crippen LogP contribution in [0.1, 0.15) is 36.0 Å². The van der Waals surface area contributed by atoms with Crippen LogP contribution in [-0.4, -0.2) is 67.0 Å². The summed E-state index contributed by atoms with van der Waals surface area (Å²) in [5, 5.41) is 1.33. The Balaban J connectivity index is 1.56. The number of anilines is 1. The highest BCUT2D eigenvalue weighted by atomic mass is 32.1. The third-order valence-electron chi connectivity index (χ3n) is 5.85. The molecule has 2 aromatic rings. The molecule has 0 saturated carbocycles. The number of hydrogen-bond acceptors (Lipinski definition) is 7. The van der Waals surface area contributed by atoms with Crippen molar-refractivity contribution in [1.82, 2.24) is 14.9 Å². The highest BCUT2D eigenvalue weighted by Crippen LogP contribution is 2.40. The molecule has 2 aromatic heterocycles. The van der Waals surface area contributed by atoms with E-state index in [9.17, 15) is 0 Å². The summed E-state index contributed by atoms with van der Waals surface area (Å²) in [4.78, 5) is 17.7. The van der Waals surface area contributed by atoms with E-state index in [0.29, 0.717) is 0 Å². The lowest BCUT2D eigenvalue weighted by Crippen LogP contribution is -2.42. The van der Waals surface area contributed by atoms with Gasteiger partial charge in [0.05, 0.1) is 37.9 Å². The Morgan fingerprint density at radius 2 is 1.93 bits per heavy atom. The summed E-state index contributed by atoms with van der Waals surface area (Å²) in [6, 6.07) is 0. The molecule has 2 saturated heterocycles. The van der Waals surface area contributed by atoms with Gasteiger partial charge in [0.15, 0.2) is 0 Å². The van der Waals surface area contributed by atoms with Crippen LogP contribution in [0.5, 0.6) is 0 Å². The number of fused-ring (bicyclic) bond motifs is 3. The van der Waals surface area contributed by atoms with E-state index in [1.165, 1.54) is 46.3 Å². The van der Waals surface area contributed by atoms with Crippen LogP contribution >= 0.6 is 11.3 Å². The minimum atomic E-state index is 0.251. The van der Waals surface area contributed by atoms with Crippen LogP contribution in [0, 0.1) is 0 Å². The lowest BCUT2D eigenvalue weighted by molar-refractivity contribution is 0.0330. The molecular weight excluding hydrogens is 360 g/mol. The van der Waals surface area contributed by atoms with E-state index >= 15 is 0 Å². The average molecular weight is 389 g/mol. The van der Waals surface area contributed by atoms with Gasteiger partial charge in [-0.15, -0.1) is 11.3 Å². The predicted molar refractivity (Wildman–Crippen MR) is 108 cm³/mol. The molecule has 0 radical (unpaired) electrons. The van der Waals surface area contributed by atoms with Crippen LogP contribution in [0.2, 0.25) is 0 Å². The van der Waals surface area contributed by atoms with Gasteiger partial charge in [-0.25, -0.2) is 9.97 Å². The van der Waals surface area contributed by atoms with Gasteiger partial charge in [0, 0.05) is 31.1 Å². The Kier molecular flexibility index (Phi) is 5.02. The second-order valence-corrected chi connectivity index (χ2v) is 8.95. The molecule has 1 atom stereocenters. The molecule has 4 heterocycles. The maximum absolute atomic E-state index is 5.78. The molecule has 27 heavy (non-hydrogen) atoms. The van der Waals surface area contributed by atoms with Gasteiger partial charge in [-0.1, -0.05) is 0 Å². The molecule has 0 N–H and O–H groups in total. The second kappa shape index (κ2) is 7.62. The Labute approximate surface area is 164 Å². The van der Waals surface area contributed by atoms with Gasteiger partial charge in [0.1, 0.15) is 16.5 Å². The molecule has 0 spiro atoms. The number of thiophene rings is 1. The fraction of sp³-hybridized carbons (Fsp3) is 0.700. The smallest absolute Gasteiger partial charge is 0.146 e. The first kappa shape index (κ1) is 17.8. The quantitative estimate of drug-likeness (QED) is 0.806. The number of nitrogens with zero attached hydrogens (tertiary/aromatic N) is 4. The summed E-state index contributed by atoms with van der Waals surface area (Å²) in [6.07, 6.45) is 5.22. The number of morpholine rings is 2. The minimum absolute atomic E-state index is 0.251. The molecule has 2 fully saturated rings. The van der Waals surface area contributed by atoms with Gasteiger partial charge in [-0.3, -0.25) is 4.90 Å². The first-order valence-corrected chi connectivity index (χ1v) is 11.1. The summed E-state index contributed by atoms with van der Waals surface area (Å²) in [6.45, 7) is 9.12. The summed E-state index contributed by atoms with van der Waals surface area (Å²) in [5.41, 5.74) is 1.52. The zero-order chi connectivity index (χ0) is 18.2. The van der Waals surface area contributed by atoms with Gasteiger partial charge < -0.3 is 14.4 Å². The Bertz CT molecular complexity index is 818. The van der Waals surface area contributed by atoms with E-state index in [1.54, 1.807) is 0 Å². The van der Waals surface area contributed by atoms with Crippen molar-refractivity contribution in [3.8, 4) is 0 Å². The second-order valence-electron chi connectivity index (χ2n) is 7.87. The van der Waals surface area contributed by atoms with Crippen molar-refractivity contribution in [3.05, 3.63) is 16.3 Å². The zero-order valence-corrected chi connectivity index (χ0v) is 16.9. The lowest BCUT2D eigenvalue weighted by Gasteiger charge is -2.33. The van der Waals surface area contributed by atoms with E-state index in [4.69, 9.17) is 19.4 Å². The maximum Gasteiger partial charge on any atom is 0.146 e. The maximum atomic E-state index is 5.78. The molecule has 1 aliphatic carbocycles. The zero-order valence-electron chi connectivity index (χ0n) is 16.1. The van der Waals surface area contributed by atoms with Crippen molar-refractivity contribution in [2.24, 2.45) is 0 Å². The standard InChI is InChI=1S/C20H28N4O2S/c1-14-12-24(8-11-26-14)19-18-15-4-2-3-5-16(15)27-20(18)22-17(21-19)13-23-6-9-25-10-7-23/h14H,2-13H2,1H3. The minimum Gasteiger partial charge on any atom is -0.379 e. The van der Waals surface area contributed by atoms with Crippen LogP contribution < -0.4 is 4.90 Å². The summed E-state index contributed by atoms with van der Waals surface area (Å²) in [7, 11) is 0. The van der Waals surface area contributed by atoms with Crippen LogP contribution in [0.4, 0.5) is 5.82 Å². The van der Waals surface area contributed by atoms with E-state index in [1.807, 2.05) is 11.3 Å². The monoisotopic (exact) mass is 388 g/mol. The highest BCUT2D eigenvalue weighted by Gasteiger charge is 2.27. The van der Waals surface area contributed by atoms with Crippen molar-refractivity contribution < 1.29 is 9.47 Å². The molecule has 0 bridgehead atoms. The van der Waals surface area contributed by atoms with Crippen LogP contribution in [0.25, 0.3) is 10.2 Å². The molecule has 6 nitrogen and oxygen atoms in total. The van der Waals surface area contributed by atoms with Crippen LogP contribution in [0.3, 0.4) is 0 Å². The molecular formula is C20H28N4O2S. The fourth-order valence-corrected chi connectivity index (χ4v) is 5.73. The number of hydrogen-bond donors (Lipinski definition) is 0. The highest BCUT2D eigenvalue weighted by molar-refractivity contribution is 7.19. The van der Waals surface area contributed by atoms with Crippen molar-refractivity contribution in [2.45, 2.75) is 45.3 Å². The van der Waals surface area contributed by atoms with Crippen molar-refractivity contribution in [2.75, 3.05) is 50.9 Å². The molecule has 1 unspecified atom stereocenters. The molecule has 3 aliphatic rings. The van der Waals surface area contributed by atoms with Crippen molar-refractivity contribution >= 4 is 27.4 Å².